The number of unbranched alkanes of at least 4 members (excludes halogenated alkanes) is 11. The number of aliphatic hydroxyl groups is 2. The summed E-state index contributed by atoms with van der Waals surface area (Å²) in [4.78, 5) is 48.2. The van der Waals surface area contributed by atoms with E-state index in [0.717, 1.165) is 70.6 Å². The molecule has 0 spiro atoms. The maximum atomic E-state index is 12.8. The van der Waals surface area contributed by atoms with Crippen molar-refractivity contribution in [2.24, 2.45) is 11.8 Å². The van der Waals surface area contributed by atoms with Gasteiger partial charge in [-0.25, -0.2) is 4.57 Å². The Hall–Kier alpha value is -2.70. The van der Waals surface area contributed by atoms with Crippen LogP contribution in [0.15, 0.2) is 60.8 Å². The van der Waals surface area contributed by atoms with Gasteiger partial charge in [0.25, 0.3) is 0 Å². The van der Waals surface area contributed by atoms with Crippen LogP contribution in [0.2, 0.25) is 0 Å². The number of rotatable bonds is 39. The van der Waals surface area contributed by atoms with E-state index in [-0.39, 0.29) is 44.2 Å². The standard InChI is InChI=1S/C50H86NO11P/c1-6-8-10-11-12-13-14-15-16-17-18-19-20-21-22-23-24-25-30-34-49(55)59-41-44(42-61-63(57,58)60-39-38-51(3,4)5)62-50(56)35-31-27-26-29-33-45-46(48(54)40-47(45)53)37-36-43(52)32-28-9-7-2/h12-13,15-16,18-19,21-22,36-37,43-47,52-53H,6-11,14,17,20,23-35,38-42H2,1-5H3/p+1/b13-12-,16-15-,19-18-,22-21-,37-36+/t43-,44+,45+,46+,47-/m0/s1. The largest absolute Gasteiger partial charge is 0.472 e. The van der Waals surface area contributed by atoms with Crippen LogP contribution in [0.4, 0.5) is 0 Å². The van der Waals surface area contributed by atoms with Crippen molar-refractivity contribution in [3.8, 4) is 0 Å². The van der Waals surface area contributed by atoms with E-state index in [9.17, 15) is 34.1 Å². The van der Waals surface area contributed by atoms with Crippen LogP contribution >= 0.6 is 7.82 Å². The molecule has 0 saturated heterocycles. The number of carbonyl (C=O) groups excluding carboxylic acids is 3. The van der Waals surface area contributed by atoms with Gasteiger partial charge in [0.1, 0.15) is 25.5 Å². The quantitative estimate of drug-likeness (QED) is 0.0177. The zero-order chi connectivity index (χ0) is 46.6. The first-order valence-corrected chi connectivity index (χ1v) is 25.6. The number of ether oxygens (including phenoxy) is 2. The fraction of sp³-hybridized carbons (Fsp3) is 0.740. The smallest absolute Gasteiger partial charge is 0.462 e. The number of carbonyl (C=O) groups is 3. The van der Waals surface area contributed by atoms with Gasteiger partial charge in [-0.15, -0.1) is 0 Å². The lowest BCUT2D eigenvalue weighted by atomic mass is 9.88. The lowest BCUT2D eigenvalue weighted by molar-refractivity contribution is -0.870. The fourth-order valence-corrected chi connectivity index (χ4v) is 7.82. The molecule has 1 aliphatic carbocycles. The molecule has 0 aromatic heterocycles. The summed E-state index contributed by atoms with van der Waals surface area (Å²) in [5.41, 5.74) is 0. The summed E-state index contributed by atoms with van der Waals surface area (Å²) in [6.07, 6.45) is 37.4. The third-order valence-electron chi connectivity index (χ3n) is 10.9. The number of hydrogen-bond donors (Lipinski definition) is 3. The van der Waals surface area contributed by atoms with E-state index in [1.54, 1.807) is 12.2 Å². The molecule has 362 valence electrons. The van der Waals surface area contributed by atoms with Gasteiger partial charge in [-0.2, -0.15) is 0 Å². The van der Waals surface area contributed by atoms with Crippen molar-refractivity contribution in [3.63, 3.8) is 0 Å². The first-order valence-electron chi connectivity index (χ1n) is 24.1. The molecule has 63 heavy (non-hydrogen) atoms. The summed E-state index contributed by atoms with van der Waals surface area (Å²) in [5, 5.41) is 20.8. The molecule has 6 atom stereocenters. The number of Topliss-reactive ketones (excluding diaryl/α,β-unsaturated/α-hetero) is 1. The van der Waals surface area contributed by atoms with Crippen molar-refractivity contribution < 1.29 is 57.1 Å². The van der Waals surface area contributed by atoms with Gasteiger partial charge in [0, 0.05) is 25.2 Å². The summed E-state index contributed by atoms with van der Waals surface area (Å²) in [5.74, 6) is -1.59. The molecule has 1 saturated carbocycles. The Morgan fingerprint density at radius 3 is 1.92 bits per heavy atom. The summed E-state index contributed by atoms with van der Waals surface area (Å²) in [6.45, 7) is 3.97. The van der Waals surface area contributed by atoms with E-state index in [2.05, 4.69) is 62.5 Å². The molecule has 1 rings (SSSR count). The third kappa shape index (κ3) is 33.4. The highest BCUT2D eigenvalue weighted by molar-refractivity contribution is 7.47. The van der Waals surface area contributed by atoms with Gasteiger partial charge in [-0.3, -0.25) is 23.4 Å². The Balaban J connectivity index is 2.46. The van der Waals surface area contributed by atoms with E-state index in [1.807, 2.05) is 21.1 Å². The molecule has 0 aliphatic heterocycles. The minimum absolute atomic E-state index is 0.00116. The second-order valence-electron chi connectivity index (χ2n) is 17.9. The number of esters is 2. The van der Waals surface area contributed by atoms with Crippen LogP contribution in [0.25, 0.3) is 0 Å². The van der Waals surface area contributed by atoms with Crippen molar-refractivity contribution in [1.29, 1.82) is 0 Å². The van der Waals surface area contributed by atoms with Crippen molar-refractivity contribution in [3.05, 3.63) is 60.8 Å². The van der Waals surface area contributed by atoms with Gasteiger partial charge in [0.15, 0.2) is 6.10 Å². The maximum Gasteiger partial charge on any atom is 0.472 e. The molecular formula is C50H87NO11P+. The molecule has 0 heterocycles. The van der Waals surface area contributed by atoms with E-state index < -0.39 is 50.6 Å². The molecule has 13 heteroatoms. The van der Waals surface area contributed by atoms with Gasteiger partial charge in [-0.1, -0.05) is 132 Å². The maximum absolute atomic E-state index is 12.8. The zero-order valence-electron chi connectivity index (χ0n) is 39.8. The summed E-state index contributed by atoms with van der Waals surface area (Å²) in [6, 6.07) is 0. The van der Waals surface area contributed by atoms with E-state index in [0.29, 0.717) is 43.1 Å². The van der Waals surface area contributed by atoms with Gasteiger partial charge in [0.05, 0.1) is 40.0 Å². The zero-order valence-corrected chi connectivity index (χ0v) is 40.6. The Morgan fingerprint density at radius 1 is 0.746 bits per heavy atom. The minimum atomic E-state index is -4.46. The number of hydrogen-bond acceptors (Lipinski definition) is 10. The number of phosphoric acid groups is 1. The Morgan fingerprint density at radius 2 is 1.30 bits per heavy atom. The fourth-order valence-electron chi connectivity index (χ4n) is 7.08. The van der Waals surface area contributed by atoms with Crippen LogP contribution in [-0.4, -0.2) is 103 Å². The van der Waals surface area contributed by atoms with Gasteiger partial charge >= 0.3 is 19.8 Å². The third-order valence-corrected chi connectivity index (χ3v) is 11.9. The van der Waals surface area contributed by atoms with Crippen LogP contribution in [0.5, 0.6) is 0 Å². The molecule has 1 unspecified atom stereocenters. The number of allylic oxidation sites excluding steroid dienone is 9. The second-order valence-corrected chi connectivity index (χ2v) is 19.4. The predicted molar refractivity (Wildman–Crippen MR) is 253 cm³/mol. The molecule has 1 fully saturated rings. The average Bonchev–Trinajstić information content (AvgIpc) is 3.50. The minimum Gasteiger partial charge on any atom is -0.462 e. The van der Waals surface area contributed by atoms with Crippen LogP contribution in [-0.2, 0) is 37.5 Å². The molecule has 0 aromatic carbocycles. The van der Waals surface area contributed by atoms with Crippen molar-refractivity contribution in [2.75, 3.05) is 47.5 Å². The lowest BCUT2D eigenvalue weighted by Gasteiger charge is -2.24. The number of likely N-dealkylation sites (N-methyl/N-ethyl adjacent to an activating group) is 1. The average molecular weight is 909 g/mol. The number of phosphoric ester groups is 1. The Bertz CT molecular complexity index is 1420. The predicted octanol–water partition coefficient (Wildman–Crippen LogP) is 10.6. The molecule has 0 radical (unpaired) electrons. The molecule has 0 aromatic rings. The Kier molecular flexibility index (Phi) is 33.8. The number of quaternary nitrogens is 1. The molecule has 3 N–H and O–H groups in total. The topological polar surface area (TPSA) is 166 Å². The van der Waals surface area contributed by atoms with Crippen molar-refractivity contribution in [1.82, 2.24) is 0 Å². The van der Waals surface area contributed by atoms with Gasteiger partial charge in [0.2, 0.25) is 0 Å². The van der Waals surface area contributed by atoms with Crippen LogP contribution < -0.4 is 0 Å². The highest BCUT2D eigenvalue weighted by Crippen LogP contribution is 2.43. The van der Waals surface area contributed by atoms with Crippen molar-refractivity contribution >= 4 is 25.5 Å². The molecule has 12 nitrogen and oxygen atoms in total. The normalized spacial score (nSPS) is 19.3. The second kappa shape index (κ2) is 36.5. The van der Waals surface area contributed by atoms with E-state index >= 15 is 0 Å². The van der Waals surface area contributed by atoms with E-state index in [4.69, 9.17) is 18.5 Å². The lowest BCUT2D eigenvalue weighted by Crippen LogP contribution is -2.37. The molecule has 0 amide bonds. The highest BCUT2D eigenvalue weighted by Gasteiger charge is 2.39. The summed E-state index contributed by atoms with van der Waals surface area (Å²) in [7, 11) is 1.30. The van der Waals surface area contributed by atoms with Crippen molar-refractivity contribution in [2.45, 2.75) is 180 Å². The highest BCUT2D eigenvalue weighted by atomic mass is 31.2. The number of nitrogens with zero attached hydrogens (tertiary/aromatic N) is 1. The summed E-state index contributed by atoms with van der Waals surface area (Å²) < 4.78 is 34.3. The monoisotopic (exact) mass is 909 g/mol. The molecular weight excluding hydrogens is 822 g/mol. The van der Waals surface area contributed by atoms with Crippen LogP contribution in [0.1, 0.15) is 162 Å². The Labute approximate surface area is 381 Å². The first kappa shape index (κ1) is 58.3. The SMILES string of the molecule is CCCCC/C=C\C/C=C\C/C=C\C/C=C\CCCCCC(=O)OC[C@H](COP(=O)(O)OCC[N+](C)(C)C)OC(=O)CCCCCC[C@H]1[C@@H](O)CC(=O)[C@@H]1/C=C/[C@@H](O)CCCCC. The van der Waals surface area contributed by atoms with E-state index in [1.165, 1.54) is 25.7 Å². The summed E-state index contributed by atoms with van der Waals surface area (Å²) >= 11 is 0. The number of aliphatic hydroxyl groups excluding tert-OH is 2. The molecule has 1 aliphatic rings. The molecule has 0 bridgehead atoms. The van der Waals surface area contributed by atoms with Crippen LogP contribution in [0, 0.1) is 11.8 Å². The first-order chi connectivity index (χ1) is 30.2. The van der Waals surface area contributed by atoms with Gasteiger partial charge < -0.3 is 29.1 Å². The number of ketones is 1. The van der Waals surface area contributed by atoms with Gasteiger partial charge in [-0.05, 0) is 76.5 Å². The van der Waals surface area contributed by atoms with Crippen LogP contribution in [0.3, 0.4) is 0 Å².